The minimum absolute atomic E-state index is 0.0399. The lowest BCUT2D eigenvalue weighted by molar-refractivity contribution is 0.306. The Balaban J connectivity index is 1.36. The highest BCUT2D eigenvalue weighted by molar-refractivity contribution is 6.32. The molecule has 0 amide bonds. The van der Waals surface area contributed by atoms with Gasteiger partial charge in [-0.25, -0.2) is 14.4 Å². The molecule has 0 saturated carbocycles. The first-order valence-corrected chi connectivity index (χ1v) is 12.0. The number of anilines is 2. The lowest BCUT2D eigenvalue weighted by atomic mass is 10.1. The van der Waals surface area contributed by atoms with Crippen LogP contribution < -0.4 is 15.4 Å². The molecule has 5 aromatic rings. The summed E-state index contributed by atoms with van der Waals surface area (Å²) in [7, 11) is 0. The molecule has 0 spiro atoms. The molecule has 2 aromatic heterocycles. The molecule has 6 nitrogen and oxygen atoms in total. The molecular formula is C29H26ClFN4O2. The van der Waals surface area contributed by atoms with E-state index in [9.17, 15) is 4.39 Å². The second-order valence-electron chi connectivity index (χ2n) is 8.09. The van der Waals surface area contributed by atoms with Gasteiger partial charge in [-0.3, -0.25) is 0 Å². The van der Waals surface area contributed by atoms with Gasteiger partial charge >= 0.3 is 0 Å². The second kappa shape index (κ2) is 11.4. The van der Waals surface area contributed by atoms with Crippen LogP contribution in [0, 0.1) is 5.82 Å². The molecular weight excluding hydrogens is 491 g/mol. The molecule has 37 heavy (non-hydrogen) atoms. The van der Waals surface area contributed by atoms with Gasteiger partial charge in [0.15, 0.2) is 0 Å². The predicted molar refractivity (Wildman–Crippen MR) is 145 cm³/mol. The van der Waals surface area contributed by atoms with Gasteiger partial charge in [-0.2, -0.15) is 0 Å². The number of halogens is 2. The number of fused-ring (bicyclic) bond motifs is 1. The summed E-state index contributed by atoms with van der Waals surface area (Å²) in [5.74, 6) is 0.996. The molecule has 5 rings (SSSR count). The Labute approximate surface area is 225 Å². The number of furan rings is 1. The van der Waals surface area contributed by atoms with Crippen molar-refractivity contribution in [2.45, 2.75) is 26.4 Å². The number of hydrogen-bond donors (Lipinski definition) is 2. The largest absolute Gasteiger partial charge is 0.487 e. The van der Waals surface area contributed by atoms with Gasteiger partial charge in [0.2, 0.25) is 0 Å². The van der Waals surface area contributed by atoms with Crippen molar-refractivity contribution in [3.05, 3.63) is 101 Å². The molecule has 0 atom stereocenters. The zero-order valence-corrected chi connectivity index (χ0v) is 20.6. The first-order chi connectivity index (χ1) is 19.5. The molecule has 0 radical (unpaired) electrons. The van der Waals surface area contributed by atoms with E-state index >= 15 is 0 Å². The number of rotatable bonds is 10. The number of benzene rings is 3. The number of nitrogens with one attached hydrogen (secondary N) is 2. The van der Waals surface area contributed by atoms with Crippen LogP contribution in [0.5, 0.6) is 5.75 Å². The highest BCUT2D eigenvalue weighted by atomic mass is 35.5. The first-order valence-electron chi connectivity index (χ1n) is 13.6. The highest BCUT2D eigenvalue weighted by Gasteiger charge is 2.11. The van der Waals surface area contributed by atoms with Crippen molar-refractivity contribution in [1.29, 1.82) is 0 Å². The smallest absolute Gasteiger partial charge is 0.141 e. The Hall–Kier alpha value is -3.94. The van der Waals surface area contributed by atoms with Crippen LogP contribution in [0.3, 0.4) is 0 Å². The minimum atomic E-state index is -2.21. The van der Waals surface area contributed by atoms with E-state index in [1.54, 1.807) is 55.5 Å². The van der Waals surface area contributed by atoms with Gasteiger partial charge in [-0.1, -0.05) is 30.7 Å². The minimum Gasteiger partial charge on any atom is -0.487 e. The number of aromatic nitrogens is 2. The monoisotopic (exact) mass is 520 g/mol. The fourth-order valence-corrected chi connectivity index (χ4v) is 3.92. The van der Waals surface area contributed by atoms with Crippen LogP contribution >= 0.6 is 11.6 Å². The maximum absolute atomic E-state index is 13.4. The van der Waals surface area contributed by atoms with Gasteiger partial charge in [-0.15, -0.1) is 0 Å². The topological polar surface area (TPSA) is 72.2 Å². The molecule has 0 unspecified atom stereocenters. The lowest BCUT2D eigenvalue weighted by Crippen LogP contribution is -2.12. The van der Waals surface area contributed by atoms with Crippen LogP contribution in [0.25, 0.3) is 22.2 Å². The van der Waals surface area contributed by atoms with Crippen molar-refractivity contribution < 1.29 is 19.0 Å². The summed E-state index contributed by atoms with van der Waals surface area (Å²) >= 11 is 6.46. The van der Waals surface area contributed by atoms with E-state index in [0.29, 0.717) is 50.1 Å². The fraction of sp³-hybridized carbons (Fsp3) is 0.172. The zero-order chi connectivity index (χ0) is 29.2. The Kier molecular flexibility index (Phi) is 6.22. The van der Waals surface area contributed by atoms with E-state index in [-0.39, 0.29) is 24.6 Å². The van der Waals surface area contributed by atoms with Gasteiger partial charge in [0.05, 0.1) is 19.8 Å². The van der Waals surface area contributed by atoms with Gasteiger partial charge in [0.1, 0.15) is 41.8 Å². The van der Waals surface area contributed by atoms with Crippen LogP contribution in [0.2, 0.25) is 5.02 Å². The summed E-state index contributed by atoms with van der Waals surface area (Å²) in [5.41, 5.74) is 2.68. The van der Waals surface area contributed by atoms with Gasteiger partial charge in [-0.05, 0) is 79.1 Å². The van der Waals surface area contributed by atoms with E-state index < -0.39 is 13.0 Å². The summed E-state index contributed by atoms with van der Waals surface area (Å²) in [4.78, 5) is 8.73. The van der Waals surface area contributed by atoms with Crippen LogP contribution in [-0.4, -0.2) is 16.5 Å². The Bertz CT molecular complexity index is 1700. The van der Waals surface area contributed by atoms with E-state index in [1.807, 2.05) is 6.07 Å². The molecule has 2 N–H and O–H groups in total. The molecule has 0 fully saturated rings. The van der Waals surface area contributed by atoms with Crippen molar-refractivity contribution in [3.8, 4) is 17.1 Å². The summed E-state index contributed by atoms with van der Waals surface area (Å²) in [6.07, 6.45) is 1.53. The van der Waals surface area contributed by atoms with E-state index in [4.69, 9.17) is 26.2 Å². The summed E-state index contributed by atoms with van der Waals surface area (Å²) < 4.78 is 57.3. The average Bonchev–Trinajstić information content (AvgIpc) is 3.44. The Morgan fingerprint density at radius 2 is 1.97 bits per heavy atom. The quantitative estimate of drug-likeness (QED) is 0.198. The van der Waals surface area contributed by atoms with Crippen LogP contribution in [0.4, 0.5) is 15.9 Å². The number of nitrogens with zero attached hydrogens (tertiary/aromatic N) is 2. The highest BCUT2D eigenvalue weighted by Crippen LogP contribution is 2.32. The molecule has 188 valence electrons. The zero-order valence-electron chi connectivity index (χ0n) is 23.9. The fourth-order valence-electron chi connectivity index (χ4n) is 3.68. The molecule has 3 aromatic carbocycles. The molecule has 0 aliphatic carbocycles. The maximum Gasteiger partial charge on any atom is 0.141 e. The van der Waals surface area contributed by atoms with Crippen molar-refractivity contribution in [1.82, 2.24) is 15.3 Å². The van der Waals surface area contributed by atoms with Crippen molar-refractivity contribution in [2.24, 2.45) is 0 Å². The summed E-state index contributed by atoms with van der Waals surface area (Å²) in [6, 6.07) is 19.9. The van der Waals surface area contributed by atoms with Crippen LogP contribution in [0.15, 0.2) is 83.5 Å². The third-order valence-corrected chi connectivity index (χ3v) is 5.75. The second-order valence-corrected chi connectivity index (χ2v) is 8.49. The predicted octanol–water partition coefficient (Wildman–Crippen LogP) is 7.50. The summed E-state index contributed by atoms with van der Waals surface area (Å²) in [5, 5.41) is 6.67. The van der Waals surface area contributed by atoms with Gasteiger partial charge < -0.3 is 19.8 Å². The van der Waals surface area contributed by atoms with Crippen molar-refractivity contribution in [3.63, 3.8) is 0 Å². The third-order valence-electron chi connectivity index (χ3n) is 5.45. The van der Waals surface area contributed by atoms with E-state index in [1.165, 1.54) is 24.5 Å². The third kappa shape index (κ3) is 6.07. The average molecular weight is 521 g/mol. The van der Waals surface area contributed by atoms with E-state index in [0.717, 1.165) is 0 Å². The molecule has 8 heteroatoms. The van der Waals surface area contributed by atoms with Gasteiger partial charge in [0.25, 0.3) is 0 Å². The Morgan fingerprint density at radius 1 is 1.05 bits per heavy atom. The molecule has 0 aliphatic rings. The molecule has 0 aliphatic heterocycles. The SMILES string of the molecule is [2H]C([2H])(CC)NC([2H])([2H])c1ccc(-c2ccc3ncnc(Nc4ccc(OCc5cccc(F)c5)c(Cl)c4)c3c2)o1. The molecule has 2 heterocycles. The Morgan fingerprint density at radius 3 is 2.81 bits per heavy atom. The normalized spacial score (nSPS) is 13.5. The standard InChI is InChI=1S/C29H26ClFN4O2/c1-2-12-32-16-23-8-11-27(37-23)20-6-9-26-24(14-20)29(34-18-33-26)35-22-7-10-28(25(30)15-22)36-17-19-4-3-5-21(31)13-19/h3-11,13-15,18,32H,2,12,16-17H2,1H3,(H,33,34,35)/i12D2,16D2. The first kappa shape index (κ1) is 20.2. The van der Waals surface area contributed by atoms with Gasteiger partial charge in [0, 0.05) is 19.4 Å². The molecule has 0 bridgehead atoms. The maximum atomic E-state index is 13.4. The number of ether oxygens (including phenoxy) is 1. The van der Waals surface area contributed by atoms with Crippen LogP contribution in [-0.2, 0) is 13.1 Å². The lowest BCUT2D eigenvalue weighted by Gasteiger charge is -2.12. The summed E-state index contributed by atoms with van der Waals surface area (Å²) in [6.45, 7) is -2.31. The number of hydrogen-bond acceptors (Lipinski definition) is 6. The van der Waals surface area contributed by atoms with Crippen molar-refractivity contribution >= 4 is 34.0 Å². The van der Waals surface area contributed by atoms with Crippen LogP contribution in [0.1, 0.15) is 30.2 Å². The van der Waals surface area contributed by atoms with Crippen molar-refractivity contribution in [2.75, 3.05) is 11.8 Å². The van der Waals surface area contributed by atoms with E-state index in [2.05, 4.69) is 20.6 Å². The molecule has 0 saturated heterocycles.